The number of aromatic nitrogens is 2. The molecule has 1 heterocycles. The maximum atomic E-state index is 5.55. The van der Waals surface area contributed by atoms with Crippen LogP contribution in [0.4, 0.5) is 5.82 Å². The molecule has 2 rings (SSSR count). The Labute approximate surface area is 120 Å². The summed E-state index contributed by atoms with van der Waals surface area (Å²) in [5, 5.41) is 3.48. The molecule has 0 fully saturated rings. The zero-order valence-corrected chi connectivity index (χ0v) is 12.7. The van der Waals surface area contributed by atoms with Gasteiger partial charge >= 0.3 is 0 Å². The average Bonchev–Trinajstić information content (AvgIpc) is 2.43. The highest BCUT2D eigenvalue weighted by Crippen LogP contribution is 2.18. The van der Waals surface area contributed by atoms with Gasteiger partial charge in [0.25, 0.3) is 0 Å². The molecule has 0 spiro atoms. The van der Waals surface area contributed by atoms with Gasteiger partial charge in [0.05, 0.1) is 29.4 Å². The van der Waals surface area contributed by atoms with E-state index in [2.05, 4.69) is 29.1 Å². The highest BCUT2D eigenvalue weighted by atomic mass is 16.5. The van der Waals surface area contributed by atoms with E-state index < -0.39 is 0 Å². The van der Waals surface area contributed by atoms with Crippen LogP contribution in [0.2, 0.25) is 0 Å². The van der Waals surface area contributed by atoms with Gasteiger partial charge < -0.3 is 10.1 Å². The first-order chi connectivity index (χ1) is 9.61. The van der Waals surface area contributed by atoms with E-state index in [0.717, 1.165) is 29.2 Å². The van der Waals surface area contributed by atoms with Crippen LogP contribution in [0.5, 0.6) is 0 Å². The molecular formula is C16H23N3O. The number of fused-ring (bicyclic) bond motifs is 1. The Morgan fingerprint density at radius 1 is 1.15 bits per heavy atom. The highest BCUT2D eigenvalue weighted by molar-refractivity contribution is 5.76. The summed E-state index contributed by atoms with van der Waals surface area (Å²) in [6.45, 7) is 9.77. The number of anilines is 1. The van der Waals surface area contributed by atoms with E-state index >= 15 is 0 Å². The lowest BCUT2D eigenvalue weighted by molar-refractivity contribution is 0.126. The van der Waals surface area contributed by atoms with Crippen LogP contribution in [0.1, 0.15) is 26.5 Å². The number of nitrogens with one attached hydrogen (secondary N) is 1. The first-order valence-corrected chi connectivity index (χ1v) is 7.19. The zero-order valence-electron chi connectivity index (χ0n) is 12.7. The van der Waals surface area contributed by atoms with Crippen molar-refractivity contribution in [2.75, 3.05) is 18.5 Å². The molecule has 4 nitrogen and oxygen atoms in total. The first kappa shape index (κ1) is 14.7. The van der Waals surface area contributed by atoms with Crippen molar-refractivity contribution >= 4 is 16.9 Å². The molecule has 0 aliphatic rings. The van der Waals surface area contributed by atoms with E-state index in [1.165, 1.54) is 0 Å². The highest BCUT2D eigenvalue weighted by Gasteiger charge is 2.15. The largest absolute Gasteiger partial charge is 0.380 e. The van der Waals surface area contributed by atoms with E-state index in [4.69, 9.17) is 4.74 Å². The SMILES string of the molecule is CCOCC(Nc1nc2ccccc2nc1C)C(C)C. The van der Waals surface area contributed by atoms with Crippen molar-refractivity contribution in [2.24, 2.45) is 5.92 Å². The second kappa shape index (κ2) is 6.66. The molecule has 1 unspecified atom stereocenters. The van der Waals surface area contributed by atoms with E-state index in [1.54, 1.807) is 0 Å². The van der Waals surface area contributed by atoms with Crippen molar-refractivity contribution in [1.29, 1.82) is 0 Å². The Kier molecular flexibility index (Phi) is 4.90. The van der Waals surface area contributed by atoms with Gasteiger partial charge in [0.1, 0.15) is 5.82 Å². The molecule has 0 radical (unpaired) electrons. The van der Waals surface area contributed by atoms with Crippen molar-refractivity contribution < 1.29 is 4.74 Å². The second-order valence-corrected chi connectivity index (χ2v) is 5.30. The number of para-hydroxylation sites is 2. The quantitative estimate of drug-likeness (QED) is 0.876. The summed E-state index contributed by atoms with van der Waals surface area (Å²) in [5.41, 5.74) is 2.77. The fourth-order valence-corrected chi connectivity index (χ4v) is 2.05. The fraction of sp³-hybridized carbons (Fsp3) is 0.500. The van der Waals surface area contributed by atoms with E-state index in [0.29, 0.717) is 12.5 Å². The standard InChI is InChI=1S/C16H23N3O/c1-5-20-10-15(11(2)3)19-16-12(4)17-13-8-6-7-9-14(13)18-16/h6-9,11,15H,5,10H2,1-4H3,(H,18,19). The van der Waals surface area contributed by atoms with Crippen LogP contribution in [0.25, 0.3) is 11.0 Å². The molecule has 1 aromatic carbocycles. The lowest BCUT2D eigenvalue weighted by atomic mass is 10.1. The first-order valence-electron chi connectivity index (χ1n) is 7.19. The Morgan fingerprint density at radius 3 is 2.40 bits per heavy atom. The number of nitrogens with zero attached hydrogens (tertiary/aromatic N) is 2. The molecule has 0 bridgehead atoms. The minimum absolute atomic E-state index is 0.240. The van der Waals surface area contributed by atoms with Gasteiger partial charge in [-0.15, -0.1) is 0 Å². The van der Waals surface area contributed by atoms with Crippen LogP contribution in [-0.4, -0.2) is 29.2 Å². The molecule has 2 aromatic rings. The molecule has 1 N–H and O–H groups in total. The summed E-state index contributed by atoms with van der Waals surface area (Å²) in [6.07, 6.45) is 0. The predicted molar refractivity (Wildman–Crippen MR) is 83.0 cm³/mol. The van der Waals surface area contributed by atoms with Gasteiger partial charge in [-0.25, -0.2) is 9.97 Å². The van der Waals surface area contributed by atoms with Crippen LogP contribution >= 0.6 is 0 Å². The smallest absolute Gasteiger partial charge is 0.148 e. The molecule has 1 aromatic heterocycles. The van der Waals surface area contributed by atoms with Crippen LogP contribution in [0.15, 0.2) is 24.3 Å². The van der Waals surface area contributed by atoms with Crippen LogP contribution < -0.4 is 5.32 Å². The number of benzene rings is 1. The summed E-state index contributed by atoms with van der Waals surface area (Å²) in [6, 6.07) is 8.18. The molecule has 0 saturated carbocycles. The number of hydrogen-bond acceptors (Lipinski definition) is 4. The lowest BCUT2D eigenvalue weighted by Crippen LogP contribution is -2.31. The summed E-state index contributed by atoms with van der Waals surface area (Å²) >= 11 is 0. The molecule has 0 aliphatic heterocycles. The third kappa shape index (κ3) is 3.45. The molecule has 0 amide bonds. The monoisotopic (exact) mass is 273 g/mol. The molecule has 1 atom stereocenters. The molecule has 108 valence electrons. The summed E-state index contributed by atoms with van der Waals surface area (Å²) in [4.78, 5) is 9.28. The zero-order chi connectivity index (χ0) is 14.5. The Bertz CT molecular complexity index is 569. The normalized spacial score (nSPS) is 12.8. The minimum Gasteiger partial charge on any atom is -0.380 e. The van der Waals surface area contributed by atoms with Crippen molar-refractivity contribution in [3.05, 3.63) is 30.0 Å². The number of aryl methyl sites for hydroxylation is 1. The third-order valence-corrected chi connectivity index (χ3v) is 3.37. The minimum atomic E-state index is 0.240. The van der Waals surface area contributed by atoms with Gasteiger partial charge in [-0.3, -0.25) is 0 Å². The van der Waals surface area contributed by atoms with E-state index in [-0.39, 0.29) is 6.04 Å². The van der Waals surface area contributed by atoms with Gasteiger partial charge in [-0.2, -0.15) is 0 Å². The van der Waals surface area contributed by atoms with Crippen LogP contribution in [-0.2, 0) is 4.74 Å². The number of rotatable bonds is 6. The van der Waals surface area contributed by atoms with Crippen molar-refractivity contribution in [3.63, 3.8) is 0 Å². The molecule has 0 aliphatic carbocycles. The molecule has 20 heavy (non-hydrogen) atoms. The molecule has 0 saturated heterocycles. The Balaban J connectivity index is 2.24. The van der Waals surface area contributed by atoms with Gasteiger partial charge in [0, 0.05) is 6.61 Å². The van der Waals surface area contributed by atoms with Crippen molar-refractivity contribution in [3.8, 4) is 0 Å². The third-order valence-electron chi connectivity index (χ3n) is 3.37. The van der Waals surface area contributed by atoms with Crippen LogP contribution in [0.3, 0.4) is 0 Å². The lowest BCUT2D eigenvalue weighted by Gasteiger charge is -2.23. The van der Waals surface area contributed by atoms with Gasteiger partial charge in [-0.1, -0.05) is 26.0 Å². The van der Waals surface area contributed by atoms with E-state index in [9.17, 15) is 0 Å². The van der Waals surface area contributed by atoms with Crippen molar-refractivity contribution in [1.82, 2.24) is 9.97 Å². The topological polar surface area (TPSA) is 47.0 Å². The number of ether oxygens (including phenoxy) is 1. The summed E-state index contributed by atoms with van der Waals surface area (Å²) < 4.78 is 5.55. The van der Waals surface area contributed by atoms with Crippen molar-refractivity contribution in [2.45, 2.75) is 33.7 Å². The fourth-order valence-electron chi connectivity index (χ4n) is 2.05. The van der Waals surface area contributed by atoms with E-state index in [1.807, 2.05) is 38.1 Å². The summed E-state index contributed by atoms with van der Waals surface area (Å²) in [7, 11) is 0. The Morgan fingerprint density at radius 2 is 1.80 bits per heavy atom. The predicted octanol–water partition coefficient (Wildman–Crippen LogP) is 3.41. The Hall–Kier alpha value is -1.68. The second-order valence-electron chi connectivity index (χ2n) is 5.30. The molecular weight excluding hydrogens is 250 g/mol. The van der Waals surface area contributed by atoms with Gasteiger partial charge in [-0.05, 0) is 31.9 Å². The maximum Gasteiger partial charge on any atom is 0.148 e. The molecule has 4 heteroatoms. The summed E-state index contributed by atoms with van der Waals surface area (Å²) in [5.74, 6) is 1.32. The van der Waals surface area contributed by atoms with Gasteiger partial charge in [0.15, 0.2) is 0 Å². The maximum absolute atomic E-state index is 5.55. The number of hydrogen-bond donors (Lipinski definition) is 1. The van der Waals surface area contributed by atoms with Gasteiger partial charge in [0.2, 0.25) is 0 Å². The average molecular weight is 273 g/mol. The van der Waals surface area contributed by atoms with Crippen LogP contribution in [0, 0.1) is 12.8 Å².